The standard InChI is InChI=1S/C23H26O/c1-23(2)21(16-8-5-4-6-9-16)19-10-7-11-20(19)22(23)17-12-14-18(24-3)15-13-17/h4-6,8-9,12-15,19-20H,7,10-11H2,1-3H3. The first-order valence-electron chi connectivity index (χ1n) is 9.07. The van der Waals surface area contributed by atoms with E-state index in [0.717, 1.165) is 5.75 Å². The average molecular weight is 318 g/mol. The Hall–Kier alpha value is -1.76. The van der Waals surface area contributed by atoms with Gasteiger partial charge < -0.3 is 4.74 Å². The van der Waals surface area contributed by atoms with Crippen LogP contribution in [0, 0.1) is 29.1 Å². The normalized spacial score (nSPS) is 26.5. The molecule has 0 amide bonds. The summed E-state index contributed by atoms with van der Waals surface area (Å²) in [6.07, 6.45) is 4.01. The van der Waals surface area contributed by atoms with E-state index in [1.807, 2.05) is 0 Å². The van der Waals surface area contributed by atoms with Crippen molar-refractivity contribution in [1.29, 1.82) is 0 Å². The lowest BCUT2D eigenvalue weighted by molar-refractivity contribution is 0.413. The number of ether oxygens (including phenoxy) is 1. The molecule has 0 bridgehead atoms. The van der Waals surface area contributed by atoms with Gasteiger partial charge in [-0.2, -0.15) is 0 Å². The van der Waals surface area contributed by atoms with Crippen LogP contribution in [0.15, 0.2) is 54.6 Å². The summed E-state index contributed by atoms with van der Waals surface area (Å²) in [6.45, 7) is 4.85. The monoisotopic (exact) mass is 318 g/mol. The van der Waals surface area contributed by atoms with Crippen molar-refractivity contribution in [2.45, 2.75) is 33.1 Å². The Labute approximate surface area is 146 Å². The summed E-state index contributed by atoms with van der Waals surface area (Å²) in [6, 6.07) is 19.8. The van der Waals surface area contributed by atoms with Crippen LogP contribution in [0.2, 0.25) is 0 Å². The van der Waals surface area contributed by atoms with Crippen LogP contribution in [0.25, 0.3) is 0 Å². The minimum absolute atomic E-state index is 0.117. The molecule has 0 aromatic heterocycles. The van der Waals surface area contributed by atoms with Gasteiger partial charge in [-0.15, -0.1) is 0 Å². The van der Waals surface area contributed by atoms with Gasteiger partial charge in [-0.25, -0.2) is 0 Å². The molecule has 1 heteroatoms. The molecular formula is C23H26O. The van der Waals surface area contributed by atoms with Crippen LogP contribution in [-0.4, -0.2) is 7.11 Å². The highest BCUT2D eigenvalue weighted by Crippen LogP contribution is 2.65. The summed E-state index contributed by atoms with van der Waals surface area (Å²) < 4.78 is 5.35. The first-order valence-corrected chi connectivity index (χ1v) is 9.07. The van der Waals surface area contributed by atoms with Crippen molar-refractivity contribution < 1.29 is 4.74 Å². The van der Waals surface area contributed by atoms with Crippen LogP contribution >= 0.6 is 0 Å². The maximum absolute atomic E-state index is 5.35. The van der Waals surface area contributed by atoms with Crippen molar-refractivity contribution in [3.05, 3.63) is 77.6 Å². The largest absolute Gasteiger partial charge is 0.497 e. The molecule has 1 nitrogen and oxygen atoms in total. The molecule has 2 atom stereocenters. The van der Waals surface area contributed by atoms with Gasteiger partial charge in [0.2, 0.25) is 0 Å². The SMILES string of the molecule is COc1ccc([C]2C3CCCC3[C](c3ccccc3)C2(C)C)cc1. The number of benzene rings is 2. The van der Waals surface area contributed by atoms with E-state index in [1.165, 1.54) is 30.4 Å². The number of hydrogen-bond donors (Lipinski definition) is 0. The van der Waals surface area contributed by atoms with E-state index in [2.05, 4.69) is 68.4 Å². The fourth-order valence-corrected chi connectivity index (χ4v) is 5.26. The third-order valence-electron chi connectivity index (χ3n) is 6.09. The summed E-state index contributed by atoms with van der Waals surface area (Å²) >= 11 is 0. The molecule has 2 aliphatic rings. The molecule has 2 saturated carbocycles. The number of rotatable bonds is 3. The second-order valence-corrected chi connectivity index (χ2v) is 7.69. The Morgan fingerprint density at radius 1 is 0.792 bits per heavy atom. The van der Waals surface area contributed by atoms with Gasteiger partial charge in [-0.05, 0) is 53.4 Å². The number of fused-ring (bicyclic) bond motifs is 1. The van der Waals surface area contributed by atoms with Gasteiger partial charge in [0.15, 0.2) is 0 Å². The second kappa shape index (κ2) is 5.95. The third kappa shape index (κ3) is 2.37. The first kappa shape index (κ1) is 15.7. The van der Waals surface area contributed by atoms with E-state index < -0.39 is 0 Å². The fraction of sp³-hybridized carbons (Fsp3) is 0.391. The molecule has 2 aromatic rings. The van der Waals surface area contributed by atoms with Crippen LogP contribution < -0.4 is 4.74 Å². The molecule has 2 fully saturated rings. The van der Waals surface area contributed by atoms with Crippen molar-refractivity contribution in [3.63, 3.8) is 0 Å². The highest BCUT2D eigenvalue weighted by atomic mass is 16.5. The van der Waals surface area contributed by atoms with E-state index in [4.69, 9.17) is 4.74 Å². The Morgan fingerprint density at radius 3 is 1.88 bits per heavy atom. The maximum atomic E-state index is 5.35. The lowest BCUT2D eigenvalue weighted by Crippen LogP contribution is -2.26. The zero-order valence-corrected chi connectivity index (χ0v) is 14.9. The summed E-state index contributed by atoms with van der Waals surface area (Å²) in [5.41, 5.74) is 2.94. The molecule has 24 heavy (non-hydrogen) atoms. The molecule has 2 aromatic carbocycles. The molecule has 2 unspecified atom stereocenters. The van der Waals surface area contributed by atoms with Crippen molar-refractivity contribution >= 4 is 0 Å². The highest BCUT2D eigenvalue weighted by molar-refractivity contribution is 5.52. The van der Waals surface area contributed by atoms with Crippen LogP contribution in [0.1, 0.15) is 44.2 Å². The molecule has 0 heterocycles. The Balaban J connectivity index is 1.76. The Bertz CT molecular complexity index is 686. The van der Waals surface area contributed by atoms with Gasteiger partial charge in [-0.1, -0.05) is 62.7 Å². The zero-order chi connectivity index (χ0) is 16.7. The van der Waals surface area contributed by atoms with E-state index in [0.29, 0.717) is 11.8 Å². The summed E-state index contributed by atoms with van der Waals surface area (Å²) in [5, 5.41) is 0. The van der Waals surface area contributed by atoms with E-state index >= 15 is 0 Å². The lowest BCUT2D eigenvalue weighted by Gasteiger charge is -2.35. The minimum atomic E-state index is 0.117. The molecule has 2 aliphatic carbocycles. The summed E-state index contributed by atoms with van der Waals surface area (Å²) in [5.74, 6) is 5.62. The maximum Gasteiger partial charge on any atom is 0.118 e. The van der Waals surface area contributed by atoms with E-state index in [1.54, 1.807) is 18.9 Å². The lowest BCUT2D eigenvalue weighted by atomic mass is 9.68. The second-order valence-electron chi connectivity index (χ2n) is 7.69. The quantitative estimate of drug-likeness (QED) is 0.705. The molecular weight excluding hydrogens is 292 g/mol. The summed E-state index contributed by atoms with van der Waals surface area (Å²) in [4.78, 5) is 0. The topological polar surface area (TPSA) is 9.23 Å². The van der Waals surface area contributed by atoms with Crippen molar-refractivity contribution in [1.82, 2.24) is 0 Å². The molecule has 0 saturated heterocycles. The van der Waals surface area contributed by atoms with Gasteiger partial charge >= 0.3 is 0 Å². The predicted octanol–water partition coefficient (Wildman–Crippen LogP) is 5.70. The first-order chi connectivity index (χ1) is 11.6. The van der Waals surface area contributed by atoms with Gasteiger partial charge in [0.1, 0.15) is 5.75 Å². The number of hydrogen-bond acceptors (Lipinski definition) is 1. The van der Waals surface area contributed by atoms with E-state index in [-0.39, 0.29) is 5.41 Å². The highest BCUT2D eigenvalue weighted by Gasteiger charge is 2.57. The summed E-state index contributed by atoms with van der Waals surface area (Å²) in [7, 11) is 1.73. The van der Waals surface area contributed by atoms with Crippen LogP contribution in [0.5, 0.6) is 5.75 Å². The molecule has 0 spiro atoms. The molecule has 124 valence electrons. The third-order valence-corrected chi connectivity index (χ3v) is 6.09. The Morgan fingerprint density at radius 2 is 1.33 bits per heavy atom. The smallest absolute Gasteiger partial charge is 0.118 e. The van der Waals surface area contributed by atoms with Crippen LogP contribution in [0.3, 0.4) is 0 Å². The van der Waals surface area contributed by atoms with Gasteiger partial charge in [0.25, 0.3) is 0 Å². The van der Waals surface area contributed by atoms with Gasteiger partial charge in [0, 0.05) is 11.8 Å². The fourth-order valence-electron chi connectivity index (χ4n) is 5.26. The molecule has 4 rings (SSSR count). The predicted molar refractivity (Wildman–Crippen MR) is 98.7 cm³/mol. The molecule has 2 radical (unpaired) electrons. The Kier molecular flexibility index (Phi) is 3.90. The van der Waals surface area contributed by atoms with Crippen molar-refractivity contribution in [2.75, 3.05) is 7.11 Å². The van der Waals surface area contributed by atoms with E-state index in [9.17, 15) is 0 Å². The zero-order valence-electron chi connectivity index (χ0n) is 14.9. The number of methoxy groups -OCH3 is 1. The molecule has 0 N–H and O–H groups in total. The van der Waals surface area contributed by atoms with Gasteiger partial charge in [0.05, 0.1) is 7.11 Å². The van der Waals surface area contributed by atoms with Crippen molar-refractivity contribution in [3.8, 4) is 5.75 Å². The van der Waals surface area contributed by atoms with Crippen LogP contribution in [0.4, 0.5) is 0 Å². The van der Waals surface area contributed by atoms with Gasteiger partial charge in [-0.3, -0.25) is 0 Å². The minimum Gasteiger partial charge on any atom is -0.497 e. The van der Waals surface area contributed by atoms with Crippen molar-refractivity contribution in [2.24, 2.45) is 17.3 Å². The van der Waals surface area contributed by atoms with Crippen LogP contribution in [-0.2, 0) is 0 Å². The molecule has 0 aliphatic heterocycles. The average Bonchev–Trinajstić information content (AvgIpc) is 3.12.